The molecule has 0 aliphatic rings. The summed E-state index contributed by atoms with van der Waals surface area (Å²) in [5.41, 5.74) is 4.26. The first-order valence-electron chi connectivity index (χ1n) is 9.24. The average molecular weight is 438 g/mol. The Morgan fingerprint density at radius 3 is 2.81 bits per heavy atom. The van der Waals surface area contributed by atoms with E-state index in [1.54, 1.807) is 0 Å². The smallest absolute Gasteiger partial charge is 0.296 e. The van der Waals surface area contributed by atoms with Crippen LogP contribution in [0.3, 0.4) is 0 Å². The number of fused-ring (bicyclic) bond motifs is 3. The second-order valence-corrected chi connectivity index (χ2v) is 7.84. The summed E-state index contributed by atoms with van der Waals surface area (Å²) in [5.74, 6) is -0.130. The van der Waals surface area contributed by atoms with Crippen molar-refractivity contribution in [3.8, 4) is 5.75 Å². The first kappa shape index (κ1) is 20.5. The van der Waals surface area contributed by atoms with E-state index in [9.17, 15) is 14.9 Å². The molecule has 158 valence electrons. The van der Waals surface area contributed by atoms with E-state index in [1.165, 1.54) is 25.3 Å². The highest BCUT2D eigenvalue weighted by Crippen LogP contribution is 2.30. The molecule has 31 heavy (non-hydrogen) atoms. The number of nitro benzene ring substituents is 1. The second kappa shape index (κ2) is 8.19. The molecule has 2 N–H and O–H groups in total. The number of carbonyl (C=O) groups excluding carboxylic acids is 1. The summed E-state index contributed by atoms with van der Waals surface area (Å²) in [4.78, 5) is 30.7. The number of rotatable bonds is 6. The predicted octanol–water partition coefficient (Wildman–Crippen LogP) is 3.77. The fourth-order valence-corrected chi connectivity index (χ4v) is 3.88. The van der Waals surface area contributed by atoms with Gasteiger partial charge in [0, 0.05) is 5.39 Å². The van der Waals surface area contributed by atoms with Crippen molar-refractivity contribution in [3.05, 3.63) is 51.6 Å². The zero-order valence-electron chi connectivity index (χ0n) is 16.9. The van der Waals surface area contributed by atoms with Crippen LogP contribution >= 0.6 is 11.8 Å². The van der Waals surface area contributed by atoms with Gasteiger partial charge in [-0.15, -0.1) is 10.2 Å². The van der Waals surface area contributed by atoms with Crippen molar-refractivity contribution in [2.24, 2.45) is 0 Å². The molecule has 0 spiro atoms. The van der Waals surface area contributed by atoms with Gasteiger partial charge in [0.15, 0.2) is 5.65 Å². The van der Waals surface area contributed by atoms with Gasteiger partial charge in [0.05, 0.1) is 29.4 Å². The average Bonchev–Trinajstić information content (AvgIpc) is 3.10. The molecule has 0 saturated carbocycles. The number of ether oxygens (including phenoxy) is 1. The Kier molecular flexibility index (Phi) is 5.42. The number of nitrogens with one attached hydrogen (secondary N) is 2. The van der Waals surface area contributed by atoms with Gasteiger partial charge < -0.3 is 15.0 Å². The highest BCUT2D eigenvalue weighted by Gasteiger charge is 2.18. The lowest BCUT2D eigenvalue weighted by atomic mass is 10.1. The third-order valence-electron chi connectivity index (χ3n) is 4.65. The molecule has 11 heteroatoms. The number of aromatic amines is 1. The lowest BCUT2D eigenvalue weighted by Crippen LogP contribution is -2.15. The van der Waals surface area contributed by atoms with E-state index in [-0.39, 0.29) is 17.1 Å². The number of anilines is 1. The monoisotopic (exact) mass is 438 g/mol. The molecule has 0 radical (unpaired) electrons. The fourth-order valence-electron chi connectivity index (χ4n) is 3.29. The first-order chi connectivity index (χ1) is 14.9. The minimum absolute atomic E-state index is 0.0330. The first-order valence-corrected chi connectivity index (χ1v) is 10.2. The standard InChI is InChI=1S/C20H18N6O4S/c1-10-6-11(2)17-13(7-10)18-19(22-17)23-20(25-24-18)31-9-16(27)21-14-5-4-12(30-3)8-15(14)26(28)29/h4-8H,9H2,1-3H3,(H,21,27)(H,22,23,25). The number of aromatic nitrogens is 4. The van der Waals surface area contributed by atoms with Crippen molar-refractivity contribution in [2.75, 3.05) is 18.2 Å². The molecular formula is C20H18N6O4S. The molecule has 4 rings (SSSR count). The number of hydrogen-bond acceptors (Lipinski definition) is 8. The number of carbonyl (C=O) groups is 1. The van der Waals surface area contributed by atoms with E-state index in [1.807, 2.05) is 19.9 Å². The maximum absolute atomic E-state index is 12.3. The molecule has 0 aliphatic heterocycles. The highest BCUT2D eigenvalue weighted by atomic mass is 32.2. The van der Waals surface area contributed by atoms with Crippen LogP contribution in [0.15, 0.2) is 35.5 Å². The number of aryl methyl sites for hydroxylation is 2. The third-order valence-corrected chi connectivity index (χ3v) is 5.49. The minimum Gasteiger partial charge on any atom is -0.496 e. The molecule has 0 aliphatic carbocycles. The summed E-state index contributed by atoms with van der Waals surface area (Å²) in [6.45, 7) is 4.03. The van der Waals surface area contributed by atoms with Crippen LogP contribution in [-0.4, -0.2) is 43.9 Å². The van der Waals surface area contributed by atoms with Crippen LogP contribution < -0.4 is 10.1 Å². The van der Waals surface area contributed by atoms with Crippen molar-refractivity contribution in [1.82, 2.24) is 20.2 Å². The Balaban J connectivity index is 1.50. The number of amides is 1. The van der Waals surface area contributed by atoms with E-state index in [0.717, 1.165) is 33.8 Å². The molecule has 2 heterocycles. The molecule has 4 aromatic rings. The molecule has 0 fully saturated rings. The Bertz CT molecular complexity index is 1340. The van der Waals surface area contributed by atoms with E-state index < -0.39 is 10.8 Å². The quantitative estimate of drug-likeness (QED) is 0.264. The molecule has 2 aromatic heterocycles. The highest BCUT2D eigenvalue weighted by molar-refractivity contribution is 7.99. The number of nitro groups is 1. The van der Waals surface area contributed by atoms with Crippen molar-refractivity contribution >= 4 is 51.1 Å². The van der Waals surface area contributed by atoms with Gasteiger partial charge in [-0.25, -0.2) is 4.98 Å². The molecular weight excluding hydrogens is 420 g/mol. The van der Waals surface area contributed by atoms with Crippen LogP contribution in [0.5, 0.6) is 5.75 Å². The normalized spacial score (nSPS) is 11.1. The van der Waals surface area contributed by atoms with Gasteiger partial charge in [0.1, 0.15) is 17.0 Å². The maximum Gasteiger partial charge on any atom is 0.296 e. The number of benzene rings is 2. The van der Waals surface area contributed by atoms with E-state index in [4.69, 9.17) is 4.74 Å². The SMILES string of the molecule is COc1ccc(NC(=O)CSc2nnc3c(n2)[nH]c2c(C)cc(C)cc23)c([N+](=O)[O-])c1. The maximum atomic E-state index is 12.3. The number of H-pyrrole nitrogens is 1. The molecule has 0 unspecified atom stereocenters. The fraction of sp³-hybridized carbons (Fsp3) is 0.200. The number of nitrogens with zero attached hydrogens (tertiary/aromatic N) is 4. The van der Waals surface area contributed by atoms with Gasteiger partial charge in [-0.3, -0.25) is 14.9 Å². The van der Waals surface area contributed by atoms with Gasteiger partial charge in [-0.05, 0) is 37.6 Å². The van der Waals surface area contributed by atoms with Crippen LogP contribution in [0.1, 0.15) is 11.1 Å². The molecule has 0 bridgehead atoms. The third kappa shape index (κ3) is 4.12. The Morgan fingerprint density at radius 1 is 1.26 bits per heavy atom. The van der Waals surface area contributed by atoms with Crippen molar-refractivity contribution in [2.45, 2.75) is 19.0 Å². The van der Waals surface area contributed by atoms with Crippen LogP contribution in [0.25, 0.3) is 22.1 Å². The molecule has 2 aromatic carbocycles. The van der Waals surface area contributed by atoms with Gasteiger partial charge >= 0.3 is 0 Å². The van der Waals surface area contributed by atoms with Gasteiger partial charge in [0.25, 0.3) is 5.69 Å². The predicted molar refractivity (Wildman–Crippen MR) is 118 cm³/mol. The summed E-state index contributed by atoms with van der Waals surface area (Å²) in [6.07, 6.45) is 0. The summed E-state index contributed by atoms with van der Waals surface area (Å²) >= 11 is 1.09. The molecule has 0 atom stereocenters. The molecule has 1 amide bonds. The van der Waals surface area contributed by atoms with Crippen LogP contribution in [0.2, 0.25) is 0 Å². The summed E-state index contributed by atoms with van der Waals surface area (Å²) in [5, 5.41) is 23.5. The number of thioether (sulfide) groups is 1. The Morgan fingerprint density at radius 2 is 2.06 bits per heavy atom. The van der Waals surface area contributed by atoms with E-state index >= 15 is 0 Å². The summed E-state index contributed by atoms with van der Waals surface area (Å²) in [6, 6.07) is 8.32. The zero-order chi connectivity index (χ0) is 22.1. The van der Waals surface area contributed by atoms with E-state index in [0.29, 0.717) is 22.1 Å². The van der Waals surface area contributed by atoms with Crippen LogP contribution in [0.4, 0.5) is 11.4 Å². The van der Waals surface area contributed by atoms with Crippen molar-refractivity contribution in [1.29, 1.82) is 0 Å². The number of methoxy groups -OCH3 is 1. The largest absolute Gasteiger partial charge is 0.496 e. The Labute approximate surface area is 180 Å². The minimum atomic E-state index is -0.578. The van der Waals surface area contributed by atoms with E-state index in [2.05, 4.69) is 31.5 Å². The Hall–Kier alpha value is -3.73. The molecule has 0 saturated heterocycles. The van der Waals surface area contributed by atoms with Gasteiger partial charge in [-0.1, -0.05) is 23.4 Å². The lowest BCUT2D eigenvalue weighted by Gasteiger charge is -2.07. The van der Waals surface area contributed by atoms with Crippen LogP contribution in [0, 0.1) is 24.0 Å². The lowest BCUT2D eigenvalue weighted by molar-refractivity contribution is -0.384. The van der Waals surface area contributed by atoms with Crippen molar-refractivity contribution < 1.29 is 14.5 Å². The zero-order valence-corrected chi connectivity index (χ0v) is 17.7. The summed E-state index contributed by atoms with van der Waals surface area (Å²) in [7, 11) is 1.41. The second-order valence-electron chi connectivity index (χ2n) is 6.90. The molecule has 10 nitrogen and oxygen atoms in total. The van der Waals surface area contributed by atoms with Gasteiger partial charge in [-0.2, -0.15) is 0 Å². The topological polar surface area (TPSA) is 136 Å². The van der Waals surface area contributed by atoms with Gasteiger partial charge in [0.2, 0.25) is 11.1 Å². The van der Waals surface area contributed by atoms with Crippen molar-refractivity contribution in [3.63, 3.8) is 0 Å². The number of hydrogen-bond donors (Lipinski definition) is 2. The van der Waals surface area contributed by atoms with Crippen LogP contribution in [-0.2, 0) is 4.79 Å². The summed E-state index contributed by atoms with van der Waals surface area (Å²) < 4.78 is 4.99.